The van der Waals surface area contributed by atoms with Gasteiger partial charge < -0.3 is 4.74 Å². The summed E-state index contributed by atoms with van der Waals surface area (Å²) in [5, 5.41) is 3.35. The molecule has 3 rings (SSSR count). The van der Waals surface area contributed by atoms with Crippen LogP contribution in [0.5, 0.6) is 0 Å². The van der Waals surface area contributed by atoms with E-state index in [9.17, 15) is 9.59 Å². The number of anilines is 1. The van der Waals surface area contributed by atoms with Crippen LogP contribution in [0.1, 0.15) is 47.3 Å². The van der Waals surface area contributed by atoms with Gasteiger partial charge in [-0.15, -0.1) is 22.7 Å². The number of ether oxygens (including phenoxy) is 1. The number of rotatable bonds is 10. The fourth-order valence-electron chi connectivity index (χ4n) is 2.89. The minimum absolute atomic E-state index is 0.268. The maximum atomic E-state index is 12.9. The predicted octanol–water partition coefficient (Wildman–Crippen LogP) is 5.35. The Morgan fingerprint density at radius 1 is 1.13 bits per heavy atom. The number of carbonyl (C=O) groups excluding carboxylic acids is 2. The molecule has 0 saturated carbocycles. The van der Waals surface area contributed by atoms with E-state index in [1.807, 2.05) is 42.6 Å². The number of thiazole rings is 2. The molecular weight excluding hydrogens is 418 g/mol. The van der Waals surface area contributed by atoms with E-state index in [-0.39, 0.29) is 12.5 Å². The van der Waals surface area contributed by atoms with Crippen molar-refractivity contribution < 1.29 is 14.3 Å². The van der Waals surface area contributed by atoms with Crippen LogP contribution in [0.15, 0.2) is 41.9 Å². The Bertz CT molecular complexity index is 969. The van der Waals surface area contributed by atoms with Crippen LogP contribution in [0.2, 0.25) is 0 Å². The fraction of sp³-hybridized carbons (Fsp3) is 0.364. The van der Waals surface area contributed by atoms with Crippen molar-refractivity contribution in [3.05, 3.63) is 51.8 Å². The summed E-state index contributed by atoms with van der Waals surface area (Å²) in [5.41, 5.74) is 1.84. The Morgan fingerprint density at radius 2 is 1.93 bits per heavy atom. The molecule has 30 heavy (non-hydrogen) atoms. The molecule has 0 aliphatic carbocycles. The second kappa shape index (κ2) is 11.0. The summed E-state index contributed by atoms with van der Waals surface area (Å²) in [7, 11) is 0. The van der Waals surface area contributed by atoms with Crippen molar-refractivity contribution in [1.29, 1.82) is 0 Å². The number of hydrogen-bond donors (Lipinski definition) is 0. The molecule has 0 fully saturated rings. The lowest BCUT2D eigenvalue weighted by Crippen LogP contribution is -2.35. The molecule has 158 valence electrons. The van der Waals surface area contributed by atoms with E-state index in [1.54, 1.807) is 4.90 Å². The van der Waals surface area contributed by atoms with Crippen LogP contribution in [-0.4, -0.2) is 35.0 Å². The van der Waals surface area contributed by atoms with Crippen LogP contribution in [0.25, 0.3) is 11.3 Å². The molecule has 8 heteroatoms. The normalized spacial score (nSPS) is 10.7. The summed E-state index contributed by atoms with van der Waals surface area (Å²) < 4.78 is 5.24. The van der Waals surface area contributed by atoms with Gasteiger partial charge in [0.2, 0.25) is 0 Å². The maximum Gasteiger partial charge on any atom is 0.350 e. The van der Waals surface area contributed by atoms with Crippen molar-refractivity contribution in [2.45, 2.75) is 39.5 Å². The van der Waals surface area contributed by atoms with Crippen molar-refractivity contribution in [2.24, 2.45) is 0 Å². The van der Waals surface area contributed by atoms with Gasteiger partial charge in [0, 0.05) is 17.5 Å². The first-order valence-corrected chi connectivity index (χ1v) is 11.7. The number of carbonyl (C=O) groups is 2. The molecule has 0 radical (unpaired) electrons. The highest BCUT2D eigenvalue weighted by molar-refractivity contribution is 7.14. The Morgan fingerprint density at radius 3 is 2.63 bits per heavy atom. The van der Waals surface area contributed by atoms with Gasteiger partial charge in [0.05, 0.1) is 16.9 Å². The Labute approximate surface area is 184 Å². The van der Waals surface area contributed by atoms with E-state index in [2.05, 4.69) is 16.9 Å². The highest BCUT2D eigenvalue weighted by atomic mass is 32.1. The van der Waals surface area contributed by atoms with Crippen LogP contribution >= 0.6 is 22.7 Å². The fourth-order valence-corrected chi connectivity index (χ4v) is 4.43. The summed E-state index contributed by atoms with van der Waals surface area (Å²) in [6.45, 7) is 4.20. The zero-order valence-electron chi connectivity index (χ0n) is 17.2. The lowest BCUT2D eigenvalue weighted by molar-refractivity contribution is -0.121. The number of aryl methyl sites for hydroxylation is 1. The highest BCUT2D eigenvalue weighted by Gasteiger charge is 2.21. The minimum Gasteiger partial charge on any atom is -0.451 e. The summed E-state index contributed by atoms with van der Waals surface area (Å²) in [6.07, 6.45) is 5.63. The van der Waals surface area contributed by atoms with Gasteiger partial charge in [-0.05, 0) is 13.3 Å². The molecule has 0 bridgehead atoms. The van der Waals surface area contributed by atoms with Gasteiger partial charge in [-0.25, -0.2) is 14.8 Å². The number of benzene rings is 1. The molecule has 2 aromatic heterocycles. The lowest BCUT2D eigenvalue weighted by atomic mass is 10.2. The smallest absolute Gasteiger partial charge is 0.350 e. The highest BCUT2D eigenvalue weighted by Crippen LogP contribution is 2.28. The summed E-state index contributed by atoms with van der Waals surface area (Å²) in [6, 6.07) is 9.86. The van der Waals surface area contributed by atoms with E-state index in [1.165, 1.54) is 28.9 Å². The molecule has 2 heterocycles. The average Bonchev–Trinajstić information content (AvgIpc) is 3.42. The summed E-state index contributed by atoms with van der Waals surface area (Å²) in [4.78, 5) is 35.8. The van der Waals surface area contributed by atoms with E-state index in [0.29, 0.717) is 16.6 Å². The van der Waals surface area contributed by atoms with Crippen molar-refractivity contribution in [3.8, 4) is 11.3 Å². The molecule has 6 nitrogen and oxygen atoms in total. The third kappa shape index (κ3) is 5.96. The number of nitrogens with zero attached hydrogens (tertiary/aromatic N) is 3. The van der Waals surface area contributed by atoms with E-state index in [4.69, 9.17) is 4.74 Å². The predicted molar refractivity (Wildman–Crippen MR) is 121 cm³/mol. The van der Waals surface area contributed by atoms with Crippen LogP contribution in [-0.2, 0) is 9.53 Å². The van der Waals surface area contributed by atoms with Gasteiger partial charge in [-0.3, -0.25) is 9.69 Å². The van der Waals surface area contributed by atoms with Crippen molar-refractivity contribution >= 4 is 39.7 Å². The number of unbranched alkanes of at least 4 members (excludes halogenated alkanes) is 3. The zero-order chi connectivity index (χ0) is 21.3. The number of hydrogen-bond acceptors (Lipinski definition) is 7. The molecule has 1 amide bonds. The first kappa shape index (κ1) is 22.1. The third-order valence-corrected chi connectivity index (χ3v) is 6.23. The maximum absolute atomic E-state index is 12.9. The second-order valence-electron chi connectivity index (χ2n) is 6.81. The zero-order valence-corrected chi connectivity index (χ0v) is 18.8. The van der Waals surface area contributed by atoms with Crippen LogP contribution < -0.4 is 4.90 Å². The largest absolute Gasteiger partial charge is 0.451 e. The minimum atomic E-state index is -0.524. The average molecular weight is 444 g/mol. The first-order valence-electron chi connectivity index (χ1n) is 9.99. The van der Waals surface area contributed by atoms with Gasteiger partial charge in [0.15, 0.2) is 11.7 Å². The van der Waals surface area contributed by atoms with Crippen molar-refractivity contribution in [1.82, 2.24) is 9.97 Å². The molecule has 1 aromatic carbocycles. The SMILES string of the molecule is CCCCCCN(C(=O)COC(=O)c1cnc(C)s1)c1nc(-c2ccccc2)cs1. The van der Waals surface area contributed by atoms with Crippen molar-refractivity contribution in [2.75, 3.05) is 18.1 Å². The molecule has 0 atom stereocenters. The monoisotopic (exact) mass is 443 g/mol. The Hall–Kier alpha value is -2.58. The summed E-state index contributed by atoms with van der Waals surface area (Å²) >= 11 is 2.68. The van der Waals surface area contributed by atoms with Crippen LogP contribution in [0.4, 0.5) is 5.13 Å². The lowest BCUT2D eigenvalue weighted by Gasteiger charge is -2.19. The summed E-state index contributed by atoms with van der Waals surface area (Å²) in [5.74, 6) is -0.793. The standard InChI is InChI=1S/C22H25N3O3S2/c1-3-4-5-9-12-25(20(26)14-28-21(27)19-13-23-16(2)30-19)22-24-18(15-29-22)17-10-7-6-8-11-17/h6-8,10-11,13,15H,3-5,9,12,14H2,1-2H3. The molecule has 0 aliphatic rings. The number of amides is 1. The molecule has 0 saturated heterocycles. The van der Waals surface area contributed by atoms with Gasteiger partial charge in [0.1, 0.15) is 4.88 Å². The van der Waals surface area contributed by atoms with Gasteiger partial charge in [-0.1, -0.05) is 56.5 Å². The number of aromatic nitrogens is 2. The van der Waals surface area contributed by atoms with E-state index < -0.39 is 5.97 Å². The molecule has 0 N–H and O–H groups in total. The molecular formula is C22H25N3O3S2. The Kier molecular flexibility index (Phi) is 8.10. The molecule has 0 spiro atoms. The van der Waals surface area contributed by atoms with Crippen LogP contribution in [0, 0.1) is 6.92 Å². The van der Waals surface area contributed by atoms with Gasteiger partial charge in [0.25, 0.3) is 5.91 Å². The molecule has 3 aromatic rings. The van der Waals surface area contributed by atoms with Crippen LogP contribution in [0.3, 0.4) is 0 Å². The van der Waals surface area contributed by atoms with E-state index >= 15 is 0 Å². The molecule has 0 unspecified atom stereocenters. The van der Waals surface area contributed by atoms with E-state index in [0.717, 1.165) is 41.9 Å². The first-order chi connectivity index (χ1) is 14.6. The quantitative estimate of drug-likeness (QED) is 0.312. The van der Waals surface area contributed by atoms with Crippen molar-refractivity contribution in [3.63, 3.8) is 0 Å². The second-order valence-corrected chi connectivity index (χ2v) is 8.88. The number of esters is 1. The van der Waals surface area contributed by atoms with Gasteiger partial charge in [-0.2, -0.15) is 0 Å². The molecule has 0 aliphatic heterocycles. The van der Waals surface area contributed by atoms with Gasteiger partial charge >= 0.3 is 5.97 Å². The third-order valence-electron chi connectivity index (χ3n) is 4.48. The topological polar surface area (TPSA) is 72.4 Å². The Balaban J connectivity index is 1.69.